The monoisotopic (exact) mass is 218 g/mol. The molecule has 0 spiro atoms. The van der Waals surface area contributed by atoms with Gasteiger partial charge in [0.1, 0.15) is 0 Å². The fourth-order valence-corrected chi connectivity index (χ4v) is 2.39. The van der Waals surface area contributed by atoms with Crippen LogP contribution in [0.15, 0.2) is 18.2 Å². The van der Waals surface area contributed by atoms with Crippen molar-refractivity contribution in [3.8, 4) is 0 Å². The zero-order valence-corrected chi connectivity index (χ0v) is 10.1. The van der Waals surface area contributed by atoms with E-state index >= 15 is 0 Å². The van der Waals surface area contributed by atoms with Gasteiger partial charge in [0.2, 0.25) is 0 Å². The maximum absolute atomic E-state index is 5.92. The van der Waals surface area contributed by atoms with E-state index in [1.807, 2.05) is 6.92 Å². The summed E-state index contributed by atoms with van der Waals surface area (Å²) in [6.45, 7) is 2.05. The summed E-state index contributed by atoms with van der Waals surface area (Å²) in [5.74, 6) is 0. The Hall–Kier alpha value is -1.18. The van der Waals surface area contributed by atoms with Crippen molar-refractivity contribution in [3.05, 3.63) is 23.8 Å². The predicted octanol–water partition coefficient (Wildman–Crippen LogP) is 3.71. The Bertz CT molecular complexity index is 339. The first-order valence-corrected chi connectivity index (χ1v) is 6.38. The van der Waals surface area contributed by atoms with Crippen molar-refractivity contribution < 1.29 is 0 Å². The number of benzene rings is 1. The minimum Gasteiger partial charge on any atom is -0.398 e. The van der Waals surface area contributed by atoms with Gasteiger partial charge in [0.05, 0.1) is 0 Å². The van der Waals surface area contributed by atoms with Crippen LogP contribution in [0.4, 0.5) is 11.4 Å². The van der Waals surface area contributed by atoms with Gasteiger partial charge in [-0.2, -0.15) is 0 Å². The third-order valence-electron chi connectivity index (χ3n) is 3.51. The molecule has 1 aliphatic carbocycles. The van der Waals surface area contributed by atoms with Gasteiger partial charge in [0.25, 0.3) is 0 Å². The summed E-state index contributed by atoms with van der Waals surface area (Å²) in [5, 5.41) is 3.61. The van der Waals surface area contributed by atoms with Gasteiger partial charge in [-0.3, -0.25) is 0 Å². The zero-order valence-electron chi connectivity index (χ0n) is 10.1. The molecule has 1 aromatic carbocycles. The Labute approximate surface area is 98.2 Å². The van der Waals surface area contributed by atoms with E-state index < -0.39 is 0 Å². The van der Waals surface area contributed by atoms with Crippen molar-refractivity contribution in [2.24, 2.45) is 0 Å². The number of nitrogens with two attached hydrogens (primary N) is 1. The predicted molar refractivity (Wildman–Crippen MR) is 70.7 cm³/mol. The average Bonchev–Trinajstić information content (AvgIpc) is 2.52. The van der Waals surface area contributed by atoms with Gasteiger partial charge < -0.3 is 11.1 Å². The molecule has 0 aliphatic heterocycles. The van der Waals surface area contributed by atoms with E-state index in [9.17, 15) is 0 Å². The molecule has 3 N–H and O–H groups in total. The number of anilines is 2. The van der Waals surface area contributed by atoms with Gasteiger partial charge in [-0.1, -0.05) is 31.7 Å². The quantitative estimate of drug-likeness (QED) is 0.586. The lowest BCUT2D eigenvalue weighted by Gasteiger charge is -2.18. The molecule has 0 heterocycles. The third kappa shape index (κ3) is 2.91. The highest BCUT2D eigenvalue weighted by atomic mass is 14.9. The summed E-state index contributed by atoms with van der Waals surface area (Å²) < 4.78 is 0. The SMILES string of the molecule is Cc1ccc(NC2CCCCCC2)cc1N. The van der Waals surface area contributed by atoms with Crippen LogP contribution in [0.2, 0.25) is 0 Å². The van der Waals surface area contributed by atoms with Crippen molar-refractivity contribution in [2.75, 3.05) is 11.1 Å². The first-order chi connectivity index (χ1) is 7.75. The van der Waals surface area contributed by atoms with Crippen LogP contribution in [0.1, 0.15) is 44.1 Å². The van der Waals surface area contributed by atoms with E-state index in [1.165, 1.54) is 44.2 Å². The van der Waals surface area contributed by atoms with Crippen molar-refractivity contribution in [1.29, 1.82) is 0 Å². The van der Waals surface area contributed by atoms with Gasteiger partial charge in [0.15, 0.2) is 0 Å². The van der Waals surface area contributed by atoms with E-state index in [0.717, 1.165) is 11.3 Å². The number of nitrogens with one attached hydrogen (secondary N) is 1. The Kier molecular flexibility index (Phi) is 3.70. The van der Waals surface area contributed by atoms with Crippen molar-refractivity contribution in [3.63, 3.8) is 0 Å². The van der Waals surface area contributed by atoms with E-state index in [0.29, 0.717) is 6.04 Å². The largest absolute Gasteiger partial charge is 0.398 e. The first-order valence-electron chi connectivity index (χ1n) is 6.38. The molecule has 1 fully saturated rings. The highest BCUT2D eigenvalue weighted by molar-refractivity contribution is 5.58. The van der Waals surface area contributed by atoms with Gasteiger partial charge in [-0.15, -0.1) is 0 Å². The van der Waals surface area contributed by atoms with Crippen LogP contribution in [0.5, 0.6) is 0 Å². The summed E-state index contributed by atoms with van der Waals surface area (Å²) in [4.78, 5) is 0. The summed E-state index contributed by atoms with van der Waals surface area (Å²) in [6, 6.07) is 6.93. The number of nitrogen functional groups attached to an aromatic ring is 1. The molecule has 16 heavy (non-hydrogen) atoms. The van der Waals surface area contributed by atoms with E-state index in [1.54, 1.807) is 0 Å². The standard InChI is InChI=1S/C14H22N2/c1-11-8-9-13(10-14(11)15)16-12-6-4-2-3-5-7-12/h8-10,12,16H,2-7,15H2,1H3. The number of hydrogen-bond acceptors (Lipinski definition) is 2. The molecule has 0 amide bonds. The van der Waals surface area contributed by atoms with Crippen molar-refractivity contribution >= 4 is 11.4 Å². The Morgan fingerprint density at radius 2 is 1.81 bits per heavy atom. The minimum absolute atomic E-state index is 0.643. The van der Waals surface area contributed by atoms with Gasteiger partial charge in [-0.05, 0) is 37.5 Å². The van der Waals surface area contributed by atoms with Crippen LogP contribution in [0.3, 0.4) is 0 Å². The summed E-state index contributed by atoms with van der Waals surface area (Å²) in [6.07, 6.45) is 8.11. The van der Waals surface area contributed by atoms with Crippen molar-refractivity contribution in [2.45, 2.75) is 51.5 Å². The van der Waals surface area contributed by atoms with Gasteiger partial charge >= 0.3 is 0 Å². The lowest BCUT2D eigenvalue weighted by molar-refractivity contribution is 0.620. The second-order valence-electron chi connectivity index (χ2n) is 4.90. The molecule has 0 unspecified atom stereocenters. The van der Waals surface area contributed by atoms with Crippen molar-refractivity contribution in [1.82, 2.24) is 0 Å². The molecule has 2 heteroatoms. The van der Waals surface area contributed by atoms with Crippen LogP contribution in [0, 0.1) is 6.92 Å². The molecule has 0 saturated heterocycles. The second kappa shape index (κ2) is 5.24. The van der Waals surface area contributed by atoms with Crippen LogP contribution < -0.4 is 11.1 Å². The molecule has 88 valence electrons. The maximum Gasteiger partial charge on any atom is 0.0364 e. The zero-order chi connectivity index (χ0) is 11.4. The van der Waals surface area contributed by atoms with Crippen LogP contribution >= 0.6 is 0 Å². The molecule has 0 bridgehead atoms. The van der Waals surface area contributed by atoms with Crippen LogP contribution in [-0.2, 0) is 0 Å². The number of aryl methyl sites for hydroxylation is 1. The smallest absolute Gasteiger partial charge is 0.0364 e. The number of hydrogen-bond donors (Lipinski definition) is 2. The first kappa shape index (κ1) is 11.3. The summed E-state index contributed by atoms with van der Waals surface area (Å²) in [5.41, 5.74) is 9.14. The second-order valence-corrected chi connectivity index (χ2v) is 4.90. The maximum atomic E-state index is 5.92. The fraction of sp³-hybridized carbons (Fsp3) is 0.571. The lowest BCUT2D eigenvalue weighted by atomic mass is 10.1. The molecule has 2 rings (SSSR count). The Morgan fingerprint density at radius 1 is 1.12 bits per heavy atom. The molecule has 0 aromatic heterocycles. The molecular weight excluding hydrogens is 196 g/mol. The normalized spacial score (nSPS) is 18.1. The number of rotatable bonds is 2. The fourth-order valence-electron chi connectivity index (χ4n) is 2.39. The Morgan fingerprint density at radius 3 is 2.44 bits per heavy atom. The molecule has 0 atom stereocenters. The topological polar surface area (TPSA) is 38.0 Å². The minimum atomic E-state index is 0.643. The summed E-state index contributed by atoms with van der Waals surface area (Å²) >= 11 is 0. The van der Waals surface area contributed by atoms with Gasteiger partial charge in [0, 0.05) is 17.4 Å². The molecule has 2 nitrogen and oxygen atoms in total. The lowest BCUT2D eigenvalue weighted by Crippen LogP contribution is -2.18. The summed E-state index contributed by atoms with van der Waals surface area (Å²) in [7, 11) is 0. The highest BCUT2D eigenvalue weighted by Gasteiger charge is 2.11. The van der Waals surface area contributed by atoms with E-state index in [-0.39, 0.29) is 0 Å². The molecule has 1 aliphatic rings. The van der Waals surface area contributed by atoms with Gasteiger partial charge in [-0.25, -0.2) is 0 Å². The van der Waals surface area contributed by atoms with E-state index in [2.05, 4.69) is 23.5 Å². The molecular formula is C14H22N2. The Balaban J connectivity index is 1.99. The van der Waals surface area contributed by atoms with Crippen LogP contribution in [0.25, 0.3) is 0 Å². The molecule has 0 radical (unpaired) electrons. The van der Waals surface area contributed by atoms with Crippen LogP contribution in [-0.4, -0.2) is 6.04 Å². The highest BCUT2D eigenvalue weighted by Crippen LogP contribution is 2.23. The molecule has 1 aromatic rings. The van der Waals surface area contributed by atoms with E-state index in [4.69, 9.17) is 5.73 Å². The third-order valence-corrected chi connectivity index (χ3v) is 3.51. The average molecular weight is 218 g/mol. The molecule has 1 saturated carbocycles.